The summed E-state index contributed by atoms with van der Waals surface area (Å²) >= 11 is 4.23. The first-order valence-electron chi connectivity index (χ1n) is 8.35. The zero-order valence-electron chi connectivity index (χ0n) is 14.9. The highest BCUT2D eigenvalue weighted by Gasteiger charge is 2.35. The molecule has 2 amide bonds. The lowest BCUT2D eigenvalue weighted by atomic mass is 10.1. The van der Waals surface area contributed by atoms with Crippen molar-refractivity contribution in [3.8, 4) is 11.5 Å². The number of benzene rings is 2. The second kappa shape index (κ2) is 8.19. The summed E-state index contributed by atoms with van der Waals surface area (Å²) in [5, 5.41) is 10.1. The van der Waals surface area contributed by atoms with Crippen molar-refractivity contribution < 1.29 is 19.4 Å². The first-order valence-corrected chi connectivity index (χ1v) is 9.96. The molecule has 1 aliphatic heterocycles. The largest absolute Gasteiger partial charge is 0.504 e. The van der Waals surface area contributed by atoms with Crippen molar-refractivity contribution in [1.82, 2.24) is 4.90 Å². The minimum atomic E-state index is -0.371. The Morgan fingerprint density at radius 1 is 1.26 bits per heavy atom. The van der Waals surface area contributed by atoms with Gasteiger partial charge in [0, 0.05) is 10.0 Å². The number of aromatic hydroxyl groups is 1. The van der Waals surface area contributed by atoms with Gasteiger partial charge in [0.25, 0.3) is 11.1 Å². The molecular formula is C20H18BrNO4S. The lowest BCUT2D eigenvalue weighted by Crippen LogP contribution is -2.27. The summed E-state index contributed by atoms with van der Waals surface area (Å²) in [7, 11) is 0. The maximum atomic E-state index is 12.7. The van der Waals surface area contributed by atoms with E-state index >= 15 is 0 Å². The van der Waals surface area contributed by atoms with Crippen molar-refractivity contribution in [3.05, 3.63) is 62.5 Å². The number of rotatable bonds is 5. The van der Waals surface area contributed by atoms with Crippen LogP contribution in [0.1, 0.15) is 23.6 Å². The number of phenolic OH excluding ortho intramolecular Hbond substituents is 1. The molecule has 1 heterocycles. The zero-order chi connectivity index (χ0) is 19.6. The highest BCUT2D eigenvalue weighted by Crippen LogP contribution is 2.39. The van der Waals surface area contributed by atoms with Crippen molar-refractivity contribution in [2.75, 3.05) is 6.61 Å². The Kier molecular flexibility index (Phi) is 5.92. The van der Waals surface area contributed by atoms with Crippen LogP contribution in [0.4, 0.5) is 4.79 Å². The number of carbonyl (C=O) groups excluding carboxylic acids is 2. The normalized spacial score (nSPS) is 15.7. The quantitative estimate of drug-likeness (QED) is 0.645. The van der Waals surface area contributed by atoms with Crippen LogP contribution in [-0.4, -0.2) is 27.8 Å². The Bertz CT molecular complexity index is 942. The van der Waals surface area contributed by atoms with Crippen molar-refractivity contribution in [2.24, 2.45) is 0 Å². The number of phenols is 1. The minimum absolute atomic E-state index is 0.0643. The number of thioether (sulfide) groups is 1. The number of ether oxygens (including phenoxy) is 1. The third kappa shape index (κ3) is 4.36. The van der Waals surface area contributed by atoms with Crippen molar-refractivity contribution in [1.29, 1.82) is 0 Å². The number of hydrogen-bond acceptors (Lipinski definition) is 5. The molecule has 7 heteroatoms. The van der Waals surface area contributed by atoms with Gasteiger partial charge in [0.1, 0.15) is 0 Å². The van der Waals surface area contributed by atoms with Gasteiger partial charge in [-0.3, -0.25) is 14.5 Å². The maximum Gasteiger partial charge on any atom is 0.293 e. The lowest BCUT2D eigenvalue weighted by Gasteiger charge is -2.13. The second-order valence-corrected chi connectivity index (χ2v) is 7.94. The van der Waals surface area contributed by atoms with E-state index in [1.165, 1.54) is 11.0 Å². The SMILES string of the molecule is CCOc1cc(Br)cc(/C=C2\SC(=O)N(Cc3cccc(C)c3)C2=O)c1O. The highest BCUT2D eigenvalue weighted by atomic mass is 79.9. The van der Waals surface area contributed by atoms with Crippen LogP contribution in [0, 0.1) is 6.92 Å². The molecular weight excluding hydrogens is 430 g/mol. The van der Waals surface area contributed by atoms with Crippen LogP contribution in [0.25, 0.3) is 6.08 Å². The monoisotopic (exact) mass is 447 g/mol. The number of nitrogens with zero attached hydrogens (tertiary/aromatic N) is 1. The van der Waals surface area contributed by atoms with E-state index in [2.05, 4.69) is 15.9 Å². The van der Waals surface area contributed by atoms with E-state index < -0.39 is 0 Å². The smallest absolute Gasteiger partial charge is 0.293 e. The van der Waals surface area contributed by atoms with Gasteiger partial charge in [-0.1, -0.05) is 45.8 Å². The number of aryl methyl sites for hydroxylation is 1. The molecule has 0 bridgehead atoms. The third-order valence-electron chi connectivity index (χ3n) is 3.95. The summed E-state index contributed by atoms with van der Waals surface area (Å²) in [5.41, 5.74) is 2.37. The first-order chi connectivity index (χ1) is 12.9. The molecule has 0 unspecified atom stereocenters. The molecule has 0 radical (unpaired) electrons. The van der Waals surface area contributed by atoms with E-state index in [1.54, 1.807) is 12.1 Å². The van der Waals surface area contributed by atoms with Gasteiger partial charge in [-0.25, -0.2) is 0 Å². The Morgan fingerprint density at radius 3 is 2.74 bits per heavy atom. The van der Waals surface area contributed by atoms with E-state index in [9.17, 15) is 14.7 Å². The Hall–Kier alpha value is -2.25. The van der Waals surface area contributed by atoms with Crippen molar-refractivity contribution >= 4 is 44.9 Å². The Morgan fingerprint density at radius 2 is 2.04 bits per heavy atom. The lowest BCUT2D eigenvalue weighted by molar-refractivity contribution is -0.123. The highest BCUT2D eigenvalue weighted by molar-refractivity contribution is 9.10. The molecule has 5 nitrogen and oxygen atoms in total. The average Bonchev–Trinajstić information content (AvgIpc) is 2.87. The van der Waals surface area contributed by atoms with Gasteiger partial charge in [-0.05, 0) is 49.4 Å². The molecule has 27 heavy (non-hydrogen) atoms. The summed E-state index contributed by atoms with van der Waals surface area (Å²) in [6, 6.07) is 11.0. The van der Waals surface area contributed by atoms with Crippen LogP contribution < -0.4 is 4.74 Å². The number of amides is 2. The maximum absolute atomic E-state index is 12.7. The Balaban J connectivity index is 1.88. The standard InChI is InChI=1S/C20H18BrNO4S/c1-3-26-16-10-15(21)8-14(18(16)23)9-17-19(24)22(20(25)27-17)11-13-6-4-5-12(2)7-13/h4-10,23H,3,11H2,1-2H3/b17-9-. The molecule has 0 aliphatic carbocycles. The number of imide groups is 1. The van der Waals surface area contributed by atoms with E-state index in [1.807, 2.05) is 38.1 Å². The molecule has 3 rings (SSSR count). The fourth-order valence-electron chi connectivity index (χ4n) is 2.74. The second-order valence-electron chi connectivity index (χ2n) is 6.03. The van der Waals surface area contributed by atoms with Gasteiger partial charge in [0.05, 0.1) is 18.1 Å². The molecule has 2 aromatic rings. The van der Waals surface area contributed by atoms with Crippen LogP contribution in [0.2, 0.25) is 0 Å². The topological polar surface area (TPSA) is 66.8 Å². The Labute approximate surface area is 170 Å². The summed E-state index contributed by atoms with van der Waals surface area (Å²) in [6.45, 7) is 4.40. The summed E-state index contributed by atoms with van der Waals surface area (Å²) in [6.07, 6.45) is 1.52. The van der Waals surface area contributed by atoms with Gasteiger partial charge in [0.2, 0.25) is 0 Å². The first kappa shape index (κ1) is 19.5. The fourth-order valence-corrected chi connectivity index (χ4v) is 4.02. The van der Waals surface area contributed by atoms with Gasteiger partial charge in [-0.15, -0.1) is 0 Å². The molecule has 140 valence electrons. The fraction of sp³-hybridized carbons (Fsp3) is 0.200. The number of halogens is 1. The van der Waals surface area contributed by atoms with E-state index in [0.29, 0.717) is 22.4 Å². The molecule has 0 saturated carbocycles. The van der Waals surface area contributed by atoms with Gasteiger partial charge >= 0.3 is 0 Å². The third-order valence-corrected chi connectivity index (χ3v) is 5.32. The van der Waals surface area contributed by atoms with E-state index in [-0.39, 0.29) is 28.3 Å². The molecule has 0 aromatic heterocycles. The molecule has 1 N–H and O–H groups in total. The molecule has 2 aromatic carbocycles. The summed E-state index contributed by atoms with van der Waals surface area (Å²) in [4.78, 5) is 26.5. The van der Waals surface area contributed by atoms with Gasteiger partial charge in [-0.2, -0.15) is 0 Å². The van der Waals surface area contributed by atoms with Crippen LogP contribution in [0.5, 0.6) is 11.5 Å². The molecule has 1 aliphatic rings. The average molecular weight is 448 g/mol. The van der Waals surface area contributed by atoms with E-state index in [4.69, 9.17) is 4.74 Å². The summed E-state index contributed by atoms with van der Waals surface area (Å²) in [5.74, 6) is -0.119. The predicted molar refractivity (Wildman–Crippen MR) is 110 cm³/mol. The van der Waals surface area contributed by atoms with Gasteiger partial charge < -0.3 is 9.84 Å². The molecule has 1 saturated heterocycles. The number of hydrogen-bond donors (Lipinski definition) is 1. The van der Waals surface area contributed by atoms with Crippen LogP contribution >= 0.6 is 27.7 Å². The molecule has 0 spiro atoms. The van der Waals surface area contributed by atoms with Crippen LogP contribution in [0.3, 0.4) is 0 Å². The summed E-state index contributed by atoms with van der Waals surface area (Å²) < 4.78 is 6.11. The van der Waals surface area contributed by atoms with Crippen molar-refractivity contribution in [2.45, 2.75) is 20.4 Å². The van der Waals surface area contributed by atoms with E-state index in [0.717, 1.165) is 22.9 Å². The van der Waals surface area contributed by atoms with Gasteiger partial charge in [0.15, 0.2) is 11.5 Å². The molecule has 0 atom stereocenters. The van der Waals surface area contributed by atoms with Crippen LogP contribution in [-0.2, 0) is 11.3 Å². The zero-order valence-corrected chi connectivity index (χ0v) is 17.3. The van der Waals surface area contributed by atoms with Crippen LogP contribution in [0.15, 0.2) is 45.8 Å². The molecule has 1 fully saturated rings. The predicted octanol–water partition coefficient (Wildman–Crippen LogP) is 5.10. The number of carbonyl (C=O) groups is 2. The van der Waals surface area contributed by atoms with Crippen molar-refractivity contribution in [3.63, 3.8) is 0 Å². The minimum Gasteiger partial charge on any atom is -0.504 e.